The van der Waals surface area contributed by atoms with Gasteiger partial charge >= 0.3 is 0 Å². The zero-order valence-electron chi connectivity index (χ0n) is 12.0. The van der Waals surface area contributed by atoms with Crippen LogP contribution >= 0.6 is 0 Å². The Morgan fingerprint density at radius 1 is 1.11 bits per heavy atom. The van der Waals surface area contributed by atoms with E-state index in [1.807, 2.05) is 12.4 Å². The minimum Gasteiger partial charge on any atom is -0.384 e. The molecular weight excluding hydrogens is 222 g/mol. The molecule has 0 saturated heterocycles. The summed E-state index contributed by atoms with van der Waals surface area (Å²) in [4.78, 5) is 4.26. The van der Waals surface area contributed by atoms with Crippen molar-refractivity contribution >= 4 is 11.4 Å². The highest BCUT2D eigenvalue weighted by Gasteiger charge is 2.02. The predicted molar refractivity (Wildman–Crippen MR) is 80.2 cm³/mol. The first-order valence-corrected chi connectivity index (χ1v) is 7.21. The summed E-state index contributed by atoms with van der Waals surface area (Å²) in [5, 5.41) is 6.87. The molecule has 18 heavy (non-hydrogen) atoms. The molecule has 102 valence electrons. The zero-order valence-corrected chi connectivity index (χ0v) is 12.0. The van der Waals surface area contributed by atoms with E-state index < -0.39 is 0 Å². The molecule has 1 unspecified atom stereocenters. The van der Waals surface area contributed by atoms with E-state index in [0.717, 1.165) is 24.3 Å². The summed E-state index contributed by atoms with van der Waals surface area (Å²) in [6.07, 6.45) is 10.0. The van der Waals surface area contributed by atoms with Crippen molar-refractivity contribution in [3.63, 3.8) is 0 Å². The summed E-state index contributed by atoms with van der Waals surface area (Å²) in [6, 6.07) is 2.65. The van der Waals surface area contributed by atoms with E-state index in [1.54, 1.807) is 0 Å². The van der Waals surface area contributed by atoms with Gasteiger partial charge in [0.1, 0.15) is 0 Å². The summed E-state index contributed by atoms with van der Waals surface area (Å²) in [5.41, 5.74) is 2.21. The number of hydrogen-bond donors (Lipinski definition) is 2. The Labute approximate surface area is 111 Å². The lowest BCUT2D eigenvalue weighted by atomic mass is 10.1. The van der Waals surface area contributed by atoms with Crippen LogP contribution in [0.5, 0.6) is 0 Å². The number of nitrogens with zero attached hydrogens (tertiary/aromatic N) is 1. The topological polar surface area (TPSA) is 37.0 Å². The van der Waals surface area contributed by atoms with Crippen molar-refractivity contribution in [2.75, 3.05) is 17.2 Å². The molecule has 0 amide bonds. The van der Waals surface area contributed by atoms with Crippen molar-refractivity contribution in [1.29, 1.82) is 0 Å². The van der Waals surface area contributed by atoms with E-state index in [0.29, 0.717) is 6.04 Å². The number of rotatable bonds is 9. The molecule has 0 aliphatic rings. The number of unbranched alkanes of at least 4 members (excludes halogenated alkanes) is 2. The van der Waals surface area contributed by atoms with Gasteiger partial charge in [-0.1, -0.05) is 33.1 Å². The SMILES string of the molecule is CCCCCC(C)Nc1cncc(NCCC)c1. The van der Waals surface area contributed by atoms with Gasteiger partial charge in [-0.15, -0.1) is 0 Å². The smallest absolute Gasteiger partial charge is 0.0549 e. The molecule has 0 aliphatic carbocycles. The van der Waals surface area contributed by atoms with Crippen molar-refractivity contribution < 1.29 is 0 Å². The van der Waals surface area contributed by atoms with Gasteiger partial charge in [0, 0.05) is 12.6 Å². The van der Waals surface area contributed by atoms with Gasteiger partial charge in [-0.2, -0.15) is 0 Å². The van der Waals surface area contributed by atoms with Gasteiger partial charge in [0.15, 0.2) is 0 Å². The van der Waals surface area contributed by atoms with E-state index in [4.69, 9.17) is 0 Å². The van der Waals surface area contributed by atoms with Crippen molar-refractivity contribution in [2.45, 2.75) is 58.9 Å². The van der Waals surface area contributed by atoms with Gasteiger partial charge in [0.25, 0.3) is 0 Å². The number of nitrogens with one attached hydrogen (secondary N) is 2. The van der Waals surface area contributed by atoms with Crippen molar-refractivity contribution in [2.24, 2.45) is 0 Å². The first-order chi connectivity index (χ1) is 8.76. The first-order valence-electron chi connectivity index (χ1n) is 7.21. The first kappa shape index (κ1) is 14.8. The molecular formula is C15H27N3. The number of anilines is 2. The van der Waals surface area contributed by atoms with Gasteiger partial charge in [0.2, 0.25) is 0 Å². The molecule has 0 aromatic carbocycles. The van der Waals surface area contributed by atoms with Crippen LogP contribution in [0.1, 0.15) is 52.9 Å². The monoisotopic (exact) mass is 249 g/mol. The number of hydrogen-bond acceptors (Lipinski definition) is 3. The minimum atomic E-state index is 0.514. The Morgan fingerprint density at radius 2 is 1.89 bits per heavy atom. The molecule has 1 rings (SSSR count). The fraction of sp³-hybridized carbons (Fsp3) is 0.667. The van der Waals surface area contributed by atoms with Crippen LogP contribution < -0.4 is 10.6 Å². The van der Waals surface area contributed by atoms with Crippen LogP contribution in [0.3, 0.4) is 0 Å². The second kappa shape index (κ2) is 8.78. The molecule has 3 nitrogen and oxygen atoms in total. The van der Waals surface area contributed by atoms with Gasteiger partial charge in [-0.3, -0.25) is 4.98 Å². The average Bonchev–Trinajstić information content (AvgIpc) is 2.37. The maximum atomic E-state index is 4.26. The third-order valence-corrected chi connectivity index (χ3v) is 2.97. The highest BCUT2D eigenvalue weighted by Crippen LogP contribution is 2.15. The zero-order chi connectivity index (χ0) is 13.2. The Morgan fingerprint density at radius 3 is 2.61 bits per heavy atom. The van der Waals surface area contributed by atoms with E-state index >= 15 is 0 Å². The van der Waals surface area contributed by atoms with E-state index in [1.165, 1.54) is 25.7 Å². The number of aromatic nitrogens is 1. The lowest BCUT2D eigenvalue weighted by molar-refractivity contribution is 0.615. The summed E-state index contributed by atoms with van der Waals surface area (Å²) < 4.78 is 0. The predicted octanol–water partition coefficient (Wildman–Crippen LogP) is 4.28. The highest BCUT2D eigenvalue weighted by molar-refractivity contribution is 5.54. The van der Waals surface area contributed by atoms with Crippen LogP contribution in [0.25, 0.3) is 0 Å². The third kappa shape index (κ3) is 5.89. The van der Waals surface area contributed by atoms with Crippen LogP contribution in [0.2, 0.25) is 0 Å². The number of pyridine rings is 1. The lowest BCUT2D eigenvalue weighted by Crippen LogP contribution is -2.15. The Bertz CT molecular complexity index is 325. The Balaban J connectivity index is 2.40. The van der Waals surface area contributed by atoms with Gasteiger partial charge in [-0.05, 0) is 25.8 Å². The lowest BCUT2D eigenvalue weighted by Gasteiger charge is -2.15. The molecule has 2 N–H and O–H groups in total. The molecule has 0 fully saturated rings. The Hall–Kier alpha value is -1.25. The van der Waals surface area contributed by atoms with Gasteiger partial charge in [0.05, 0.1) is 23.8 Å². The molecule has 0 aliphatic heterocycles. The van der Waals surface area contributed by atoms with Crippen molar-refractivity contribution in [3.05, 3.63) is 18.5 Å². The largest absolute Gasteiger partial charge is 0.384 e. The quantitative estimate of drug-likeness (QED) is 0.641. The minimum absolute atomic E-state index is 0.514. The van der Waals surface area contributed by atoms with E-state index in [2.05, 4.69) is 42.5 Å². The highest BCUT2D eigenvalue weighted by atomic mass is 14.9. The molecule has 0 saturated carbocycles. The summed E-state index contributed by atoms with van der Waals surface area (Å²) in [6.45, 7) is 7.64. The van der Waals surface area contributed by atoms with Gasteiger partial charge in [-0.25, -0.2) is 0 Å². The molecule has 0 radical (unpaired) electrons. The summed E-state index contributed by atoms with van der Waals surface area (Å²) >= 11 is 0. The van der Waals surface area contributed by atoms with E-state index in [-0.39, 0.29) is 0 Å². The average molecular weight is 249 g/mol. The molecule has 1 aromatic rings. The van der Waals surface area contributed by atoms with Gasteiger partial charge < -0.3 is 10.6 Å². The van der Waals surface area contributed by atoms with Crippen molar-refractivity contribution in [3.8, 4) is 0 Å². The van der Waals surface area contributed by atoms with Crippen LogP contribution in [-0.4, -0.2) is 17.6 Å². The molecule has 1 aromatic heterocycles. The molecule has 1 heterocycles. The van der Waals surface area contributed by atoms with Crippen LogP contribution in [0, 0.1) is 0 Å². The Kier molecular flexibility index (Phi) is 7.23. The maximum absolute atomic E-state index is 4.26. The fourth-order valence-corrected chi connectivity index (χ4v) is 1.94. The normalized spacial score (nSPS) is 12.2. The van der Waals surface area contributed by atoms with Crippen LogP contribution in [0.4, 0.5) is 11.4 Å². The maximum Gasteiger partial charge on any atom is 0.0549 e. The fourth-order valence-electron chi connectivity index (χ4n) is 1.94. The molecule has 0 spiro atoms. The second-order valence-electron chi connectivity index (χ2n) is 4.93. The molecule has 1 atom stereocenters. The second-order valence-corrected chi connectivity index (χ2v) is 4.93. The summed E-state index contributed by atoms with van der Waals surface area (Å²) in [7, 11) is 0. The standard InChI is InChI=1S/C15H27N3/c1-4-6-7-8-13(3)18-15-10-14(11-16-12-15)17-9-5-2/h10-13,17-18H,4-9H2,1-3H3. The van der Waals surface area contributed by atoms with Crippen LogP contribution in [0.15, 0.2) is 18.5 Å². The molecule has 3 heteroatoms. The van der Waals surface area contributed by atoms with E-state index in [9.17, 15) is 0 Å². The van der Waals surface area contributed by atoms with Crippen LogP contribution in [-0.2, 0) is 0 Å². The third-order valence-electron chi connectivity index (χ3n) is 2.97. The molecule has 0 bridgehead atoms. The summed E-state index contributed by atoms with van der Waals surface area (Å²) in [5.74, 6) is 0. The van der Waals surface area contributed by atoms with Crippen molar-refractivity contribution in [1.82, 2.24) is 4.98 Å².